The highest BCUT2D eigenvalue weighted by molar-refractivity contribution is 5.79. The lowest BCUT2D eigenvalue weighted by molar-refractivity contribution is -0.135. The fraction of sp³-hybridized carbons (Fsp3) is 0.562. The zero-order chi connectivity index (χ0) is 13.9. The Morgan fingerprint density at radius 3 is 2.60 bits per heavy atom. The van der Waals surface area contributed by atoms with Gasteiger partial charge in [0.05, 0.1) is 5.92 Å². The fourth-order valence-electron chi connectivity index (χ4n) is 3.21. The quantitative estimate of drug-likeness (QED) is 0.881. The summed E-state index contributed by atoms with van der Waals surface area (Å²) >= 11 is 0. The lowest BCUT2D eigenvalue weighted by atomic mass is 10.1. The van der Waals surface area contributed by atoms with Gasteiger partial charge in [-0.1, -0.05) is 18.2 Å². The molecule has 1 atom stereocenters. The van der Waals surface area contributed by atoms with Gasteiger partial charge in [0, 0.05) is 38.4 Å². The Morgan fingerprint density at radius 1 is 1.20 bits per heavy atom. The van der Waals surface area contributed by atoms with Crippen molar-refractivity contribution in [2.24, 2.45) is 5.92 Å². The molecule has 4 nitrogen and oxygen atoms in total. The average Bonchev–Trinajstić information content (AvgIpc) is 3.01. The van der Waals surface area contributed by atoms with Crippen LogP contribution in [0.25, 0.3) is 0 Å². The number of rotatable bonds is 2. The molecule has 0 bridgehead atoms. The largest absolute Gasteiger partial charge is 0.368 e. The van der Waals surface area contributed by atoms with Gasteiger partial charge in [0.15, 0.2) is 0 Å². The molecule has 0 aliphatic carbocycles. The van der Waals surface area contributed by atoms with E-state index in [1.54, 1.807) is 0 Å². The van der Waals surface area contributed by atoms with Crippen LogP contribution in [0.5, 0.6) is 0 Å². The number of carbonyl (C=O) groups is 1. The van der Waals surface area contributed by atoms with Gasteiger partial charge >= 0.3 is 0 Å². The smallest absolute Gasteiger partial charge is 0.227 e. The second-order valence-corrected chi connectivity index (χ2v) is 5.79. The molecule has 1 amide bonds. The van der Waals surface area contributed by atoms with Crippen LogP contribution in [0.15, 0.2) is 24.3 Å². The first-order valence-electron chi connectivity index (χ1n) is 7.56. The standard InChI is InChI=1S/C16H23N3O/c1-13-4-2-3-5-15(13)18-8-10-19(11-9-18)16(20)14-6-7-17-12-14/h2-5,14,17H,6-12H2,1H3. The van der Waals surface area contributed by atoms with Crippen LogP contribution in [0.3, 0.4) is 0 Å². The van der Waals surface area contributed by atoms with Gasteiger partial charge in [-0.3, -0.25) is 4.79 Å². The molecule has 2 aliphatic rings. The Hall–Kier alpha value is -1.55. The minimum absolute atomic E-state index is 0.208. The van der Waals surface area contributed by atoms with Gasteiger partial charge in [0.2, 0.25) is 5.91 Å². The van der Waals surface area contributed by atoms with Crippen molar-refractivity contribution in [2.45, 2.75) is 13.3 Å². The first-order chi connectivity index (χ1) is 9.75. The minimum Gasteiger partial charge on any atom is -0.368 e. The number of para-hydroxylation sites is 1. The van der Waals surface area contributed by atoms with E-state index >= 15 is 0 Å². The molecule has 1 unspecified atom stereocenters. The number of anilines is 1. The van der Waals surface area contributed by atoms with E-state index in [0.717, 1.165) is 45.7 Å². The van der Waals surface area contributed by atoms with E-state index < -0.39 is 0 Å². The van der Waals surface area contributed by atoms with Gasteiger partial charge in [-0.15, -0.1) is 0 Å². The van der Waals surface area contributed by atoms with Gasteiger partial charge in [0.25, 0.3) is 0 Å². The first-order valence-corrected chi connectivity index (χ1v) is 7.56. The predicted octanol–water partition coefficient (Wildman–Crippen LogP) is 1.25. The number of aryl methyl sites for hydroxylation is 1. The highest BCUT2D eigenvalue weighted by Crippen LogP contribution is 2.21. The van der Waals surface area contributed by atoms with Crippen LogP contribution in [0.2, 0.25) is 0 Å². The van der Waals surface area contributed by atoms with E-state index in [-0.39, 0.29) is 5.92 Å². The summed E-state index contributed by atoms with van der Waals surface area (Å²) in [7, 11) is 0. The maximum Gasteiger partial charge on any atom is 0.227 e. The Balaban J connectivity index is 1.59. The molecule has 1 aromatic rings. The lowest BCUT2D eigenvalue weighted by Crippen LogP contribution is -2.50. The highest BCUT2D eigenvalue weighted by Gasteiger charge is 2.29. The van der Waals surface area contributed by atoms with Gasteiger partial charge in [-0.25, -0.2) is 0 Å². The Kier molecular flexibility index (Phi) is 3.92. The molecule has 4 heteroatoms. The average molecular weight is 273 g/mol. The fourth-order valence-corrected chi connectivity index (χ4v) is 3.21. The Bertz CT molecular complexity index is 474. The number of benzene rings is 1. The van der Waals surface area contributed by atoms with Crippen LogP contribution in [-0.2, 0) is 4.79 Å². The second kappa shape index (κ2) is 5.83. The third kappa shape index (κ3) is 2.66. The van der Waals surface area contributed by atoms with Crippen molar-refractivity contribution in [1.29, 1.82) is 0 Å². The Morgan fingerprint density at radius 2 is 1.95 bits per heavy atom. The Labute approximate surface area is 120 Å². The molecule has 108 valence electrons. The highest BCUT2D eigenvalue weighted by atomic mass is 16.2. The molecule has 1 aromatic carbocycles. The van der Waals surface area contributed by atoms with Crippen LogP contribution in [0.4, 0.5) is 5.69 Å². The molecule has 2 aliphatic heterocycles. The molecule has 3 rings (SSSR count). The third-order valence-electron chi connectivity index (χ3n) is 4.46. The summed E-state index contributed by atoms with van der Waals surface area (Å²) < 4.78 is 0. The summed E-state index contributed by atoms with van der Waals surface area (Å²) in [5.74, 6) is 0.555. The maximum atomic E-state index is 12.4. The monoisotopic (exact) mass is 273 g/mol. The zero-order valence-corrected chi connectivity index (χ0v) is 12.1. The molecule has 2 saturated heterocycles. The minimum atomic E-state index is 0.208. The summed E-state index contributed by atoms with van der Waals surface area (Å²) in [6.45, 7) is 7.58. The van der Waals surface area contributed by atoms with Crippen LogP contribution in [0.1, 0.15) is 12.0 Å². The van der Waals surface area contributed by atoms with Crippen LogP contribution in [0, 0.1) is 12.8 Å². The van der Waals surface area contributed by atoms with E-state index in [1.165, 1.54) is 11.3 Å². The van der Waals surface area contributed by atoms with Crippen LogP contribution in [-0.4, -0.2) is 50.1 Å². The molecule has 2 heterocycles. The number of hydrogen-bond acceptors (Lipinski definition) is 3. The van der Waals surface area contributed by atoms with Crippen LogP contribution >= 0.6 is 0 Å². The normalized spacial score (nSPS) is 23.1. The number of amides is 1. The van der Waals surface area contributed by atoms with Crippen LogP contribution < -0.4 is 10.2 Å². The number of carbonyl (C=O) groups excluding carboxylic acids is 1. The SMILES string of the molecule is Cc1ccccc1N1CCN(C(=O)C2CCNC2)CC1. The van der Waals surface area contributed by atoms with Gasteiger partial charge in [-0.2, -0.15) is 0 Å². The topological polar surface area (TPSA) is 35.6 Å². The summed E-state index contributed by atoms with van der Waals surface area (Å²) in [6.07, 6.45) is 0.997. The van der Waals surface area contributed by atoms with E-state index in [2.05, 4.69) is 41.4 Å². The maximum absolute atomic E-state index is 12.4. The second-order valence-electron chi connectivity index (χ2n) is 5.79. The van der Waals surface area contributed by atoms with E-state index in [9.17, 15) is 4.79 Å². The molecule has 2 fully saturated rings. The van der Waals surface area contributed by atoms with Crippen molar-refractivity contribution in [3.05, 3.63) is 29.8 Å². The lowest BCUT2D eigenvalue weighted by Gasteiger charge is -2.37. The molecule has 1 N–H and O–H groups in total. The van der Waals surface area contributed by atoms with E-state index in [0.29, 0.717) is 5.91 Å². The van der Waals surface area contributed by atoms with Crippen molar-refractivity contribution in [1.82, 2.24) is 10.2 Å². The first kappa shape index (κ1) is 13.4. The summed E-state index contributed by atoms with van der Waals surface area (Å²) in [5.41, 5.74) is 2.62. The number of nitrogens with zero attached hydrogens (tertiary/aromatic N) is 2. The summed E-state index contributed by atoms with van der Waals surface area (Å²) in [6, 6.07) is 8.49. The molecule has 0 radical (unpaired) electrons. The third-order valence-corrected chi connectivity index (χ3v) is 4.46. The molecular formula is C16H23N3O. The zero-order valence-electron chi connectivity index (χ0n) is 12.1. The van der Waals surface area contributed by atoms with Gasteiger partial charge in [0.1, 0.15) is 0 Å². The van der Waals surface area contributed by atoms with E-state index in [4.69, 9.17) is 0 Å². The van der Waals surface area contributed by atoms with Crippen molar-refractivity contribution in [3.63, 3.8) is 0 Å². The van der Waals surface area contributed by atoms with Gasteiger partial charge in [-0.05, 0) is 31.5 Å². The molecule has 0 aromatic heterocycles. The van der Waals surface area contributed by atoms with Crippen molar-refractivity contribution in [3.8, 4) is 0 Å². The molecule has 20 heavy (non-hydrogen) atoms. The summed E-state index contributed by atoms with van der Waals surface area (Å²) in [4.78, 5) is 16.8. The number of piperazine rings is 1. The predicted molar refractivity (Wildman–Crippen MR) is 80.9 cm³/mol. The molecule has 0 saturated carbocycles. The van der Waals surface area contributed by atoms with Crippen molar-refractivity contribution >= 4 is 11.6 Å². The van der Waals surface area contributed by atoms with Crippen molar-refractivity contribution in [2.75, 3.05) is 44.2 Å². The van der Waals surface area contributed by atoms with Gasteiger partial charge < -0.3 is 15.1 Å². The number of hydrogen-bond donors (Lipinski definition) is 1. The molecule has 0 spiro atoms. The summed E-state index contributed by atoms with van der Waals surface area (Å²) in [5, 5.41) is 3.28. The van der Waals surface area contributed by atoms with E-state index in [1.807, 2.05) is 4.90 Å². The molecular weight excluding hydrogens is 250 g/mol. The van der Waals surface area contributed by atoms with Crippen molar-refractivity contribution < 1.29 is 4.79 Å². The number of nitrogens with one attached hydrogen (secondary N) is 1.